The van der Waals surface area contributed by atoms with Gasteiger partial charge in [-0.2, -0.15) is 0 Å². The van der Waals surface area contributed by atoms with Gasteiger partial charge in [0.15, 0.2) is 9.84 Å². The Morgan fingerprint density at radius 1 is 1.25 bits per heavy atom. The SMILES string of the molecule is CCNC(C)CCCS(=O)c1ccc(S(C)(=O)=O)cc1. The van der Waals surface area contributed by atoms with E-state index in [0.717, 1.165) is 19.4 Å². The Labute approximate surface area is 124 Å². The van der Waals surface area contributed by atoms with Crippen LogP contribution in [0.15, 0.2) is 34.1 Å². The summed E-state index contributed by atoms with van der Waals surface area (Å²) >= 11 is 0. The molecule has 1 aromatic carbocycles. The fourth-order valence-corrected chi connectivity index (χ4v) is 3.66. The predicted molar refractivity (Wildman–Crippen MR) is 83.2 cm³/mol. The third-order valence-electron chi connectivity index (χ3n) is 3.03. The third kappa shape index (κ3) is 5.73. The van der Waals surface area contributed by atoms with E-state index in [2.05, 4.69) is 19.2 Å². The number of nitrogens with one attached hydrogen (secondary N) is 1. The summed E-state index contributed by atoms with van der Waals surface area (Å²) in [5, 5.41) is 3.32. The molecule has 1 rings (SSSR count). The summed E-state index contributed by atoms with van der Waals surface area (Å²) in [5.41, 5.74) is 0. The molecule has 0 aromatic heterocycles. The lowest BCUT2D eigenvalue weighted by molar-refractivity contribution is 0.525. The van der Waals surface area contributed by atoms with Crippen molar-refractivity contribution < 1.29 is 12.6 Å². The van der Waals surface area contributed by atoms with Gasteiger partial charge in [-0.15, -0.1) is 0 Å². The van der Waals surface area contributed by atoms with E-state index in [-0.39, 0.29) is 4.90 Å². The molecule has 4 nitrogen and oxygen atoms in total. The predicted octanol–water partition coefficient (Wildman–Crippen LogP) is 1.98. The molecule has 0 bridgehead atoms. The summed E-state index contributed by atoms with van der Waals surface area (Å²) in [6.45, 7) is 5.13. The van der Waals surface area contributed by atoms with Crippen LogP contribution in [0.4, 0.5) is 0 Å². The molecule has 1 aromatic rings. The number of hydrogen-bond donors (Lipinski definition) is 1. The van der Waals surface area contributed by atoms with Gasteiger partial charge in [-0.3, -0.25) is 4.21 Å². The van der Waals surface area contributed by atoms with Gasteiger partial charge in [0.2, 0.25) is 0 Å². The Kier molecular flexibility index (Phi) is 6.85. The maximum Gasteiger partial charge on any atom is 0.175 e. The van der Waals surface area contributed by atoms with Gasteiger partial charge in [0.1, 0.15) is 0 Å². The van der Waals surface area contributed by atoms with Crippen LogP contribution in [0, 0.1) is 0 Å². The molecule has 20 heavy (non-hydrogen) atoms. The Hall–Kier alpha value is -0.720. The van der Waals surface area contributed by atoms with Gasteiger partial charge in [-0.1, -0.05) is 6.92 Å². The van der Waals surface area contributed by atoms with Crippen molar-refractivity contribution in [1.29, 1.82) is 0 Å². The highest BCUT2D eigenvalue weighted by molar-refractivity contribution is 7.90. The number of sulfone groups is 1. The van der Waals surface area contributed by atoms with Crippen LogP contribution in [0.1, 0.15) is 26.7 Å². The van der Waals surface area contributed by atoms with Gasteiger partial charge in [0.25, 0.3) is 0 Å². The molecular formula is C14H23NO3S2. The Balaban J connectivity index is 2.52. The standard InChI is InChI=1S/C14H23NO3S2/c1-4-15-12(2)6-5-11-19(16)13-7-9-14(10-8-13)20(3,17)18/h7-10,12,15H,4-6,11H2,1-3H3. The van der Waals surface area contributed by atoms with Gasteiger partial charge in [-0.05, 0) is 50.6 Å². The van der Waals surface area contributed by atoms with Crippen LogP contribution in [0.2, 0.25) is 0 Å². The minimum absolute atomic E-state index is 0.263. The van der Waals surface area contributed by atoms with E-state index < -0.39 is 20.6 Å². The van der Waals surface area contributed by atoms with E-state index in [1.54, 1.807) is 12.1 Å². The van der Waals surface area contributed by atoms with Crippen molar-refractivity contribution in [2.45, 2.75) is 42.5 Å². The van der Waals surface area contributed by atoms with E-state index in [1.807, 2.05) is 0 Å². The maximum atomic E-state index is 12.1. The minimum atomic E-state index is -3.19. The van der Waals surface area contributed by atoms with Crippen molar-refractivity contribution >= 4 is 20.6 Å². The molecule has 6 heteroatoms. The fourth-order valence-electron chi connectivity index (χ4n) is 1.93. The molecule has 0 radical (unpaired) electrons. The Morgan fingerprint density at radius 3 is 2.35 bits per heavy atom. The van der Waals surface area contributed by atoms with Crippen LogP contribution in [-0.4, -0.2) is 37.2 Å². The molecule has 0 fully saturated rings. The molecular weight excluding hydrogens is 294 g/mol. The summed E-state index contributed by atoms with van der Waals surface area (Å²) < 4.78 is 34.8. The zero-order valence-corrected chi connectivity index (χ0v) is 13.9. The van der Waals surface area contributed by atoms with Crippen LogP contribution in [0.25, 0.3) is 0 Å². The maximum absolute atomic E-state index is 12.1. The summed E-state index contributed by atoms with van der Waals surface area (Å²) in [4.78, 5) is 0.951. The fraction of sp³-hybridized carbons (Fsp3) is 0.571. The highest BCUT2D eigenvalue weighted by Gasteiger charge is 2.09. The average molecular weight is 317 g/mol. The van der Waals surface area contributed by atoms with Gasteiger partial charge >= 0.3 is 0 Å². The third-order valence-corrected chi connectivity index (χ3v) is 5.62. The Bertz CT molecular complexity index is 538. The van der Waals surface area contributed by atoms with E-state index in [1.165, 1.54) is 18.4 Å². The van der Waals surface area contributed by atoms with Gasteiger partial charge in [0, 0.05) is 22.9 Å². The van der Waals surface area contributed by atoms with Crippen molar-refractivity contribution in [3.8, 4) is 0 Å². The van der Waals surface area contributed by atoms with Crippen LogP contribution < -0.4 is 5.32 Å². The molecule has 0 saturated carbocycles. The van der Waals surface area contributed by atoms with E-state index in [4.69, 9.17) is 0 Å². The summed E-state index contributed by atoms with van der Waals surface area (Å²) in [6.07, 6.45) is 3.04. The zero-order valence-electron chi connectivity index (χ0n) is 12.3. The van der Waals surface area contributed by atoms with E-state index in [0.29, 0.717) is 16.7 Å². The van der Waals surface area contributed by atoms with E-state index in [9.17, 15) is 12.6 Å². The lowest BCUT2D eigenvalue weighted by Crippen LogP contribution is -2.25. The van der Waals surface area contributed by atoms with Crippen LogP contribution >= 0.6 is 0 Å². The first-order valence-corrected chi connectivity index (χ1v) is 9.97. The summed E-state index contributed by atoms with van der Waals surface area (Å²) in [5.74, 6) is 0.605. The molecule has 1 N–H and O–H groups in total. The number of hydrogen-bond acceptors (Lipinski definition) is 4. The first-order valence-electron chi connectivity index (χ1n) is 6.76. The minimum Gasteiger partial charge on any atom is -0.315 e. The molecule has 0 amide bonds. The molecule has 114 valence electrons. The molecule has 0 aliphatic heterocycles. The number of rotatable bonds is 8. The second-order valence-corrected chi connectivity index (χ2v) is 8.48. The smallest absolute Gasteiger partial charge is 0.175 e. The highest BCUT2D eigenvalue weighted by atomic mass is 32.2. The van der Waals surface area contributed by atoms with E-state index >= 15 is 0 Å². The van der Waals surface area contributed by atoms with Crippen molar-refractivity contribution in [2.75, 3.05) is 18.6 Å². The van der Waals surface area contributed by atoms with Crippen LogP contribution in [0.3, 0.4) is 0 Å². The Morgan fingerprint density at radius 2 is 1.85 bits per heavy atom. The monoisotopic (exact) mass is 317 g/mol. The van der Waals surface area contributed by atoms with Crippen LogP contribution in [0.5, 0.6) is 0 Å². The molecule has 0 aliphatic rings. The second kappa shape index (κ2) is 7.90. The molecule has 0 spiro atoms. The van der Waals surface area contributed by atoms with Crippen molar-refractivity contribution in [3.63, 3.8) is 0 Å². The van der Waals surface area contributed by atoms with Crippen molar-refractivity contribution in [2.24, 2.45) is 0 Å². The molecule has 0 saturated heterocycles. The van der Waals surface area contributed by atoms with Gasteiger partial charge in [0.05, 0.1) is 15.7 Å². The largest absolute Gasteiger partial charge is 0.315 e. The second-order valence-electron chi connectivity index (χ2n) is 4.89. The average Bonchev–Trinajstić information content (AvgIpc) is 2.38. The highest BCUT2D eigenvalue weighted by Crippen LogP contribution is 2.14. The number of benzene rings is 1. The topological polar surface area (TPSA) is 63.2 Å². The van der Waals surface area contributed by atoms with Crippen molar-refractivity contribution in [3.05, 3.63) is 24.3 Å². The lowest BCUT2D eigenvalue weighted by Gasteiger charge is -2.11. The van der Waals surface area contributed by atoms with Crippen LogP contribution in [-0.2, 0) is 20.6 Å². The van der Waals surface area contributed by atoms with Gasteiger partial charge in [-0.25, -0.2) is 8.42 Å². The molecule has 2 unspecified atom stereocenters. The quantitative estimate of drug-likeness (QED) is 0.796. The first kappa shape index (κ1) is 17.3. The summed E-state index contributed by atoms with van der Waals surface area (Å²) in [6, 6.07) is 6.75. The van der Waals surface area contributed by atoms with Crippen molar-refractivity contribution in [1.82, 2.24) is 5.32 Å². The first-order chi connectivity index (χ1) is 9.34. The molecule has 0 aliphatic carbocycles. The zero-order chi connectivity index (χ0) is 15.2. The van der Waals surface area contributed by atoms with Gasteiger partial charge < -0.3 is 5.32 Å². The summed E-state index contributed by atoms with van der Waals surface area (Å²) in [7, 11) is -4.25. The lowest BCUT2D eigenvalue weighted by atomic mass is 10.2. The normalized spacial score (nSPS) is 14.9. The molecule has 2 atom stereocenters. The molecule has 0 heterocycles.